The van der Waals surface area contributed by atoms with Gasteiger partial charge >= 0.3 is 0 Å². The molecule has 0 radical (unpaired) electrons. The number of anilines is 2. The summed E-state index contributed by atoms with van der Waals surface area (Å²) in [6.07, 6.45) is 1.56. The molecule has 0 bridgehead atoms. The van der Waals surface area contributed by atoms with Crippen LogP contribution in [0.15, 0.2) is 65.6 Å². The number of carbonyl (C=O) groups excluding carboxylic acids is 1. The molecule has 0 saturated heterocycles. The molecule has 1 heterocycles. The van der Waals surface area contributed by atoms with Crippen molar-refractivity contribution in [3.05, 3.63) is 83.4 Å². The third kappa shape index (κ3) is 4.68. The van der Waals surface area contributed by atoms with Gasteiger partial charge in [-0.1, -0.05) is 24.3 Å². The van der Waals surface area contributed by atoms with Crippen LogP contribution in [0.4, 0.5) is 20.2 Å². The Labute approximate surface area is 190 Å². The summed E-state index contributed by atoms with van der Waals surface area (Å²) in [5, 5.41) is 2.14. The number of aryl methyl sites for hydroxylation is 2. The first-order chi connectivity index (χ1) is 15.8. The zero-order valence-corrected chi connectivity index (χ0v) is 18.7. The van der Waals surface area contributed by atoms with Crippen LogP contribution in [0, 0.1) is 18.6 Å². The highest BCUT2D eigenvalue weighted by atomic mass is 32.2. The molecule has 0 aliphatic carbocycles. The maximum absolute atomic E-state index is 13.7. The number of benzene rings is 3. The van der Waals surface area contributed by atoms with Crippen molar-refractivity contribution in [2.75, 3.05) is 22.8 Å². The van der Waals surface area contributed by atoms with Gasteiger partial charge in [0.15, 0.2) is 6.61 Å². The number of halogens is 2. The third-order valence-electron chi connectivity index (χ3n) is 5.39. The van der Waals surface area contributed by atoms with Crippen molar-refractivity contribution in [2.24, 2.45) is 0 Å². The van der Waals surface area contributed by atoms with Crippen molar-refractivity contribution in [2.45, 2.75) is 24.7 Å². The van der Waals surface area contributed by atoms with Crippen LogP contribution < -0.4 is 14.4 Å². The Bertz CT molecular complexity index is 1290. The molecule has 1 aliphatic rings. The second kappa shape index (κ2) is 9.19. The number of nitrogens with one attached hydrogen (secondary N) is 1. The smallest absolute Gasteiger partial charge is 0.264 e. The average molecular weight is 473 g/mol. The van der Waals surface area contributed by atoms with E-state index in [4.69, 9.17) is 4.74 Å². The molecule has 0 aromatic heterocycles. The first kappa shape index (κ1) is 22.7. The maximum atomic E-state index is 13.7. The van der Waals surface area contributed by atoms with E-state index in [1.54, 1.807) is 13.0 Å². The summed E-state index contributed by atoms with van der Waals surface area (Å²) >= 11 is 0. The molecule has 0 atom stereocenters. The van der Waals surface area contributed by atoms with Crippen molar-refractivity contribution < 1.29 is 26.7 Å². The molecule has 0 saturated carbocycles. The molecule has 0 unspecified atom stereocenters. The maximum Gasteiger partial charge on any atom is 0.264 e. The Morgan fingerprint density at radius 3 is 2.52 bits per heavy atom. The fourth-order valence-corrected chi connectivity index (χ4v) is 5.38. The highest BCUT2D eigenvalue weighted by Crippen LogP contribution is 2.33. The molecule has 9 heteroatoms. The van der Waals surface area contributed by atoms with Gasteiger partial charge in [0.1, 0.15) is 23.1 Å². The van der Waals surface area contributed by atoms with Gasteiger partial charge in [0, 0.05) is 6.54 Å². The van der Waals surface area contributed by atoms with Crippen molar-refractivity contribution >= 4 is 27.3 Å². The molecular formula is C24H22F2N2O4S. The zero-order valence-electron chi connectivity index (χ0n) is 17.8. The Morgan fingerprint density at radius 2 is 1.79 bits per heavy atom. The van der Waals surface area contributed by atoms with Crippen LogP contribution in [0.3, 0.4) is 0 Å². The molecule has 1 aliphatic heterocycles. The lowest BCUT2D eigenvalue weighted by Crippen LogP contribution is -2.35. The molecule has 3 aromatic carbocycles. The number of fused-ring (bicyclic) bond motifs is 1. The van der Waals surface area contributed by atoms with E-state index in [0.29, 0.717) is 17.8 Å². The van der Waals surface area contributed by atoms with E-state index >= 15 is 0 Å². The summed E-state index contributed by atoms with van der Waals surface area (Å²) in [5.41, 5.74) is 1.62. The molecule has 1 N–H and O–H groups in total. The summed E-state index contributed by atoms with van der Waals surface area (Å²) in [6.45, 7) is 1.55. The SMILES string of the molecule is Cc1cc(S(=O)(=O)N2CCCc3ccccc32)ccc1OCC(=O)Nc1c(F)cccc1F. The minimum Gasteiger partial charge on any atom is -0.483 e. The van der Waals surface area contributed by atoms with Crippen LogP contribution in [-0.4, -0.2) is 27.5 Å². The summed E-state index contributed by atoms with van der Waals surface area (Å²) in [4.78, 5) is 12.2. The molecule has 33 heavy (non-hydrogen) atoms. The van der Waals surface area contributed by atoms with Crippen LogP contribution >= 0.6 is 0 Å². The highest BCUT2D eigenvalue weighted by Gasteiger charge is 2.29. The molecule has 3 aromatic rings. The molecule has 172 valence electrons. The van der Waals surface area contributed by atoms with Gasteiger partial charge in [0.25, 0.3) is 15.9 Å². The monoisotopic (exact) mass is 472 g/mol. The number of hydrogen-bond acceptors (Lipinski definition) is 4. The predicted molar refractivity (Wildman–Crippen MR) is 121 cm³/mol. The van der Waals surface area contributed by atoms with Gasteiger partial charge in [0.2, 0.25) is 0 Å². The number of nitrogens with zero attached hydrogens (tertiary/aromatic N) is 1. The highest BCUT2D eigenvalue weighted by molar-refractivity contribution is 7.92. The van der Waals surface area contributed by atoms with E-state index in [9.17, 15) is 22.0 Å². The van der Waals surface area contributed by atoms with Crippen LogP contribution in [-0.2, 0) is 21.2 Å². The molecular weight excluding hydrogens is 450 g/mol. The second-order valence-electron chi connectivity index (χ2n) is 7.67. The Hall–Kier alpha value is -3.46. The third-order valence-corrected chi connectivity index (χ3v) is 7.20. The molecule has 0 fully saturated rings. The number of hydrogen-bond donors (Lipinski definition) is 1. The van der Waals surface area contributed by atoms with Gasteiger partial charge in [-0.05, 0) is 67.3 Å². The predicted octanol–water partition coefficient (Wildman–Crippen LogP) is 4.43. The summed E-state index contributed by atoms with van der Waals surface area (Å²) < 4.78 is 60.8. The minimum atomic E-state index is -3.78. The Morgan fingerprint density at radius 1 is 1.06 bits per heavy atom. The first-order valence-corrected chi connectivity index (χ1v) is 11.8. The standard InChI is InChI=1S/C24H22F2N2O4S/c1-16-14-18(33(30,31)28-13-5-7-17-6-2-3-10-21(17)28)11-12-22(16)32-15-23(29)27-24-19(25)8-4-9-20(24)26/h2-4,6,8-12,14H,5,7,13,15H2,1H3,(H,27,29). The average Bonchev–Trinajstić information content (AvgIpc) is 2.80. The van der Waals surface area contributed by atoms with Crippen LogP contribution in [0.25, 0.3) is 0 Å². The topological polar surface area (TPSA) is 75.7 Å². The van der Waals surface area contributed by atoms with Crippen molar-refractivity contribution in [3.63, 3.8) is 0 Å². The zero-order chi connectivity index (χ0) is 23.6. The summed E-state index contributed by atoms with van der Waals surface area (Å²) in [7, 11) is -3.78. The van der Waals surface area contributed by atoms with Gasteiger partial charge in [-0.3, -0.25) is 9.10 Å². The Kier molecular flexibility index (Phi) is 6.33. The lowest BCUT2D eigenvalue weighted by Gasteiger charge is -2.30. The molecule has 0 spiro atoms. The second-order valence-corrected chi connectivity index (χ2v) is 9.53. The number of amides is 1. The quantitative estimate of drug-likeness (QED) is 0.576. The summed E-state index contributed by atoms with van der Waals surface area (Å²) in [5.74, 6) is -2.25. The van der Waals surface area contributed by atoms with Crippen LogP contribution in [0.1, 0.15) is 17.5 Å². The van der Waals surface area contributed by atoms with Gasteiger partial charge in [-0.25, -0.2) is 17.2 Å². The van der Waals surface area contributed by atoms with Crippen molar-refractivity contribution in [1.82, 2.24) is 0 Å². The lowest BCUT2D eigenvalue weighted by molar-refractivity contribution is -0.118. The van der Waals surface area contributed by atoms with Crippen molar-refractivity contribution in [3.8, 4) is 5.75 Å². The number of carbonyl (C=O) groups is 1. The van der Waals surface area contributed by atoms with Gasteiger partial charge in [-0.15, -0.1) is 0 Å². The molecule has 1 amide bonds. The van der Waals surface area contributed by atoms with Gasteiger partial charge in [-0.2, -0.15) is 0 Å². The van der Waals surface area contributed by atoms with Crippen LogP contribution in [0.2, 0.25) is 0 Å². The first-order valence-electron chi connectivity index (χ1n) is 10.4. The molecule has 6 nitrogen and oxygen atoms in total. The van der Waals surface area contributed by atoms with Gasteiger partial charge in [0.05, 0.1) is 10.6 Å². The van der Waals surface area contributed by atoms with E-state index in [2.05, 4.69) is 5.32 Å². The largest absolute Gasteiger partial charge is 0.483 e. The van der Waals surface area contributed by atoms with E-state index in [-0.39, 0.29) is 10.6 Å². The number of para-hydroxylation sites is 2. The number of rotatable bonds is 6. The van der Waals surface area contributed by atoms with E-state index < -0.39 is 39.9 Å². The van der Waals surface area contributed by atoms with E-state index in [1.807, 2.05) is 18.2 Å². The van der Waals surface area contributed by atoms with Crippen LogP contribution in [0.5, 0.6) is 5.75 Å². The fourth-order valence-electron chi connectivity index (χ4n) is 3.76. The summed E-state index contributed by atoms with van der Waals surface area (Å²) in [6, 6.07) is 15.1. The minimum absolute atomic E-state index is 0.113. The van der Waals surface area contributed by atoms with Crippen molar-refractivity contribution in [1.29, 1.82) is 0 Å². The Balaban J connectivity index is 1.48. The van der Waals surface area contributed by atoms with E-state index in [1.165, 1.54) is 28.6 Å². The van der Waals surface area contributed by atoms with Gasteiger partial charge < -0.3 is 10.1 Å². The number of ether oxygens (including phenoxy) is 1. The normalized spacial score (nSPS) is 13.4. The number of sulfonamides is 1. The lowest BCUT2D eigenvalue weighted by atomic mass is 10.0. The molecule has 4 rings (SSSR count). The fraction of sp³-hybridized carbons (Fsp3) is 0.208. The van der Waals surface area contributed by atoms with E-state index in [0.717, 1.165) is 30.5 Å².